The van der Waals surface area contributed by atoms with Crippen LogP contribution in [-0.2, 0) is 0 Å². The summed E-state index contributed by atoms with van der Waals surface area (Å²) in [6.45, 7) is 0. The van der Waals surface area contributed by atoms with Crippen LogP contribution in [0.25, 0.3) is 33.3 Å². The molecule has 5 nitrogen and oxygen atoms in total. The van der Waals surface area contributed by atoms with Crippen LogP contribution in [0.2, 0.25) is 0 Å². The van der Waals surface area contributed by atoms with Gasteiger partial charge in [0.1, 0.15) is 22.5 Å². The molecule has 0 atom stereocenters. The Morgan fingerprint density at radius 3 is 2.41 bits per heavy atom. The third kappa shape index (κ3) is 2.57. The first-order valence-electron chi connectivity index (χ1n) is 8.53. The predicted molar refractivity (Wildman–Crippen MR) is 105 cm³/mol. The highest BCUT2D eigenvalue weighted by Gasteiger charge is 2.22. The summed E-state index contributed by atoms with van der Waals surface area (Å²) in [4.78, 5) is 17.1. The first-order valence-corrected chi connectivity index (χ1v) is 8.53. The second-order valence-corrected chi connectivity index (χ2v) is 6.10. The van der Waals surface area contributed by atoms with Crippen LogP contribution >= 0.6 is 0 Å². The Bertz CT molecular complexity index is 1310. The molecule has 27 heavy (non-hydrogen) atoms. The zero-order chi connectivity index (χ0) is 18.2. The van der Waals surface area contributed by atoms with Crippen LogP contribution in [0.4, 0.5) is 11.5 Å². The molecule has 0 aliphatic carbocycles. The Morgan fingerprint density at radius 1 is 0.815 bits per heavy atom. The van der Waals surface area contributed by atoms with Crippen molar-refractivity contribution in [3.63, 3.8) is 0 Å². The minimum Gasteiger partial charge on any atom is -0.453 e. The molecular formula is C22H14N2O3. The van der Waals surface area contributed by atoms with E-state index in [1.807, 2.05) is 66.7 Å². The van der Waals surface area contributed by atoms with Crippen molar-refractivity contribution in [2.24, 2.45) is 0 Å². The van der Waals surface area contributed by atoms with Gasteiger partial charge in [-0.15, -0.1) is 0 Å². The van der Waals surface area contributed by atoms with Gasteiger partial charge in [-0.2, -0.15) is 0 Å². The number of nitrogens with zero attached hydrogens (tertiary/aromatic N) is 1. The molecule has 3 aromatic heterocycles. The molecule has 5 aromatic rings. The van der Waals surface area contributed by atoms with E-state index in [9.17, 15) is 4.79 Å². The van der Waals surface area contributed by atoms with Crippen LogP contribution in [-0.4, -0.2) is 4.98 Å². The second kappa shape index (κ2) is 6.14. The average Bonchev–Trinajstić information content (AvgIpc) is 3.10. The fourth-order valence-corrected chi connectivity index (χ4v) is 3.19. The molecule has 0 saturated heterocycles. The van der Waals surface area contributed by atoms with Gasteiger partial charge in [0.05, 0.1) is 5.39 Å². The number of nitrogens with one attached hydrogen (secondary N) is 1. The number of rotatable bonds is 3. The van der Waals surface area contributed by atoms with Crippen molar-refractivity contribution < 1.29 is 8.83 Å². The highest BCUT2D eigenvalue weighted by atomic mass is 16.4. The van der Waals surface area contributed by atoms with E-state index in [1.54, 1.807) is 12.3 Å². The molecule has 0 saturated carbocycles. The highest BCUT2D eigenvalue weighted by Crippen LogP contribution is 2.40. The van der Waals surface area contributed by atoms with Gasteiger partial charge >= 0.3 is 5.63 Å². The van der Waals surface area contributed by atoms with Gasteiger partial charge in [-0.25, -0.2) is 9.78 Å². The van der Waals surface area contributed by atoms with E-state index in [-0.39, 0.29) is 0 Å². The summed E-state index contributed by atoms with van der Waals surface area (Å²) in [5.74, 6) is 1.19. The largest absolute Gasteiger partial charge is 0.453 e. The number of hydrogen-bond acceptors (Lipinski definition) is 5. The standard InChI is InChI=1S/C22H14N2O3/c25-22-18-19(24-17-12-6-7-13-23-17)20(14-8-2-1-3-9-14)27-21(18)15-10-4-5-11-16(15)26-22/h1-13H,(H,23,24). The number of aromatic nitrogens is 1. The summed E-state index contributed by atoms with van der Waals surface area (Å²) in [5.41, 5.74) is 1.95. The van der Waals surface area contributed by atoms with E-state index in [1.165, 1.54) is 0 Å². The fourth-order valence-electron chi connectivity index (χ4n) is 3.19. The predicted octanol–water partition coefficient (Wildman–Crippen LogP) is 5.34. The minimum absolute atomic E-state index is 0.373. The van der Waals surface area contributed by atoms with Crippen LogP contribution in [0.1, 0.15) is 0 Å². The molecular weight excluding hydrogens is 340 g/mol. The molecule has 0 aliphatic rings. The van der Waals surface area contributed by atoms with Crippen molar-refractivity contribution in [1.29, 1.82) is 0 Å². The molecule has 0 spiro atoms. The summed E-state index contributed by atoms with van der Waals surface area (Å²) in [5, 5.41) is 4.36. The summed E-state index contributed by atoms with van der Waals surface area (Å²) in [7, 11) is 0. The van der Waals surface area contributed by atoms with Gasteiger partial charge in [-0.05, 0) is 24.3 Å². The van der Waals surface area contributed by atoms with Crippen molar-refractivity contribution in [3.8, 4) is 11.3 Å². The van der Waals surface area contributed by atoms with E-state index < -0.39 is 5.63 Å². The number of furan rings is 1. The Morgan fingerprint density at radius 2 is 1.59 bits per heavy atom. The molecule has 3 heterocycles. The highest BCUT2D eigenvalue weighted by molar-refractivity contribution is 6.09. The number of anilines is 2. The van der Waals surface area contributed by atoms with Gasteiger partial charge in [0, 0.05) is 11.8 Å². The third-order valence-corrected chi connectivity index (χ3v) is 4.40. The van der Waals surface area contributed by atoms with E-state index >= 15 is 0 Å². The lowest BCUT2D eigenvalue weighted by Crippen LogP contribution is -2.02. The maximum absolute atomic E-state index is 12.8. The Labute approximate surface area is 153 Å². The zero-order valence-corrected chi connectivity index (χ0v) is 14.2. The Balaban J connectivity index is 1.87. The maximum atomic E-state index is 12.8. The maximum Gasteiger partial charge on any atom is 0.349 e. The van der Waals surface area contributed by atoms with E-state index in [4.69, 9.17) is 8.83 Å². The summed E-state index contributed by atoms with van der Waals surface area (Å²) in [6, 6.07) is 22.5. The lowest BCUT2D eigenvalue weighted by atomic mass is 10.1. The molecule has 5 heteroatoms. The monoisotopic (exact) mass is 354 g/mol. The zero-order valence-electron chi connectivity index (χ0n) is 14.2. The lowest BCUT2D eigenvalue weighted by Gasteiger charge is -2.06. The summed E-state index contributed by atoms with van der Waals surface area (Å²) < 4.78 is 11.7. The van der Waals surface area contributed by atoms with E-state index in [0.717, 1.165) is 10.9 Å². The Hall–Kier alpha value is -3.86. The molecule has 0 fully saturated rings. The van der Waals surface area contributed by atoms with E-state index in [0.29, 0.717) is 33.8 Å². The number of benzene rings is 2. The van der Waals surface area contributed by atoms with Crippen LogP contribution < -0.4 is 10.9 Å². The van der Waals surface area contributed by atoms with Gasteiger partial charge in [-0.3, -0.25) is 0 Å². The molecule has 0 bridgehead atoms. The van der Waals surface area contributed by atoms with Crippen molar-refractivity contribution in [2.45, 2.75) is 0 Å². The quantitative estimate of drug-likeness (QED) is 0.443. The third-order valence-electron chi connectivity index (χ3n) is 4.40. The average molecular weight is 354 g/mol. The van der Waals surface area contributed by atoms with E-state index in [2.05, 4.69) is 10.3 Å². The molecule has 1 N–H and O–H groups in total. The molecule has 0 aliphatic heterocycles. The minimum atomic E-state index is -0.451. The normalized spacial score (nSPS) is 11.1. The molecule has 0 radical (unpaired) electrons. The van der Waals surface area contributed by atoms with Crippen LogP contribution in [0.15, 0.2) is 92.6 Å². The summed E-state index contributed by atoms with van der Waals surface area (Å²) >= 11 is 0. The number of hydrogen-bond donors (Lipinski definition) is 1. The molecule has 0 unspecified atom stereocenters. The van der Waals surface area contributed by atoms with Gasteiger partial charge in [0.15, 0.2) is 11.3 Å². The van der Waals surface area contributed by atoms with Crippen molar-refractivity contribution >= 4 is 33.4 Å². The van der Waals surface area contributed by atoms with Gasteiger partial charge in [0.25, 0.3) is 0 Å². The smallest absolute Gasteiger partial charge is 0.349 e. The molecule has 5 rings (SSSR count). The van der Waals surface area contributed by atoms with Gasteiger partial charge in [-0.1, -0.05) is 48.5 Å². The van der Waals surface area contributed by atoms with Gasteiger partial charge in [0.2, 0.25) is 0 Å². The van der Waals surface area contributed by atoms with Crippen LogP contribution in [0.3, 0.4) is 0 Å². The topological polar surface area (TPSA) is 68.3 Å². The van der Waals surface area contributed by atoms with Crippen molar-refractivity contribution in [3.05, 3.63) is 89.4 Å². The SMILES string of the molecule is O=c1oc2ccccc2c2oc(-c3ccccc3)c(Nc3ccccn3)c12. The van der Waals surface area contributed by atoms with Crippen molar-refractivity contribution in [2.75, 3.05) is 5.32 Å². The number of pyridine rings is 1. The number of para-hydroxylation sites is 1. The first-order chi connectivity index (χ1) is 13.3. The summed E-state index contributed by atoms with van der Waals surface area (Å²) in [6.07, 6.45) is 1.69. The first kappa shape index (κ1) is 15.4. The fraction of sp³-hybridized carbons (Fsp3) is 0. The number of fused-ring (bicyclic) bond motifs is 3. The van der Waals surface area contributed by atoms with Crippen molar-refractivity contribution in [1.82, 2.24) is 4.98 Å². The molecule has 0 amide bonds. The molecule has 130 valence electrons. The van der Waals surface area contributed by atoms with Crippen LogP contribution in [0.5, 0.6) is 0 Å². The lowest BCUT2D eigenvalue weighted by molar-refractivity contribution is 0.565. The molecule has 2 aromatic carbocycles. The second-order valence-electron chi connectivity index (χ2n) is 6.10. The van der Waals surface area contributed by atoms with Crippen LogP contribution in [0, 0.1) is 0 Å². The Kier molecular flexibility index (Phi) is 3.50. The van der Waals surface area contributed by atoms with Gasteiger partial charge < -0.3 is 14.2 Å².